The molecule has 1 aromatic carbocycles. The summed E-state index contributed by atoms with van der Waals surface area (Å²) in [7, 11) is 0. The van der Waals surface area contributed by atoms with Gasteiger partial charge in [0, 0.05) is 9.37 Å². The molecule has 0 nitrogen and oxygen atoms in total. The minimum absolute atomic E-state index is 0.309. The Balaban J connectivity index is 3.01. The van der Waals surface area contributed by atoms with Crippen LogP contribution >= 0.6 is 39.3 Å². The molecular weight excluding hydrogens is 301 g/mol. The van der Waals surface area contributed by atoms with Crippen molar-refractivity contribution < 1.29 is 13.2 Å². The van der Waals surface area contributed by atoms with Crippen molar-refractivity contribution in [1.82, 2.24) is 0 Å². The van der Waals surface area contributed by atoms with Crippen molar-refractivity contribution >= 4 is 39.3 Å². The predicted molar refractivity (Wildman–Crippen MR) is 55.7 cm³/mol. The summed E-state index contributed by atoms with van der Waals surface area (Å²) < 4.78 is 37.1. The number of hydrogen-bond acceptors (Lipinski definition) is 1. The number of thioether (sulfide) groups is 1. The maximum Gasteiger partial charge on any atom is 0.416 e. The minimum Gasteiger partial charge on any atom is -0.166 e. The Morgan fingerprint density at radius 2 is 2.00 bits per heavy atom. The maximum absolute atomic E-state index is 12.2. The summed E-state index contributed by atoms with van der Waals surface area (Å²) in [5.74, 6) is 0. The SMILES string of the molecule is FC(F)(F)c1ccc(SCCl)c(Br)c1. The summed E-state index contributed by atoms with van der Waals surface area (Å²) in [5, 5.41) is 0.309. The molecule has 0 saturated carbocycles. The summed E-state index contributed by atoms with van der Waals surface area (Å²) in [5.41, 5.74) is -0.664. The Morgan fingerprint density at radius 3 is 2.43 bits per heavy atom. The number of benzene rings is 1. The van der Waals surface area contributed by atoms with Gasteiger partial charge in [0.05, 0.1) is 10.8 Å². The quantitative estimate of drug-likeness (QED) is 0.561. The van der Waals surface area contributed by atoms with Crippen LogP contribution in [0.3, 0.4) is 0 Å². The van der Waals surface area contributed by atoms with E-state index in [2.05, 4.69) is 15.9 Å². The molecule has 0 heterocycles. The van der Waals surface area contributed by atoms with Gasteiger partial charge in [-0.25, -0.2) is 0 Å². The molecule has 14 heavy (non-hydrogen) atoms. The Kier molecular flexibility index (Phi) is 4.15. The van der Waals surface area contributed by atoms with Crippen LogP contribution in [0, 0.1) is 0 Å². The van der Waals surface area contributed by atoms with Gasteiger partial charge in [0.15, 0.2) is 0 Å². The van der Waals surface area contributed by atoms with Gasteiger partial charge in [-0.1, -0.05) is 0 Å². The molecule has 0 aliphatic heterocycles. The highest BCUT2D eigenvalue weighted by Crippen LogP contribution is 2.35. The standard InChI is InChI=1S/C8H5BrClF3S/c9-6-3-5(8(11,12)13)1-2-7(6)14-4-10/h1-3H,4H2. The average molecular weight is 306 g/mol. The van der Waals surface area contributed by atoms with E-state index in [1.165, 1.54) is 17.8 Å². The zero-order chi connectivity index (χ0) is 10.8. The Bertz CT molecular complexity index is 327. The van der Waals surface area contributed by atoms with Crippen LogP contribution < -0.4 is 0 Å². The van der Waals surface area contributed by atoms with Gasteiger partial charge in [-0.3, -0.25) is 0 Å². The van der Waals surface area contributed by atoms with E-state index >= 15 is 0 Å². The van der Waals surface area contributed by atoms with Crippen molar-refractivity contribution in [2.24, 2.45) is 0 Å². The summed E-state index contributed by atoms with van der Waals surface area (Å²) >= 11 is 9.79. The summed E-state index contributed by atoms with van der Waals surface area (Å²) in [4.78, 5) is 0.702. The minimum atomic E-state index is -4.30. The number of alkyl halides is 4. The topological polar surface area (TPSA) is 0 Å². The average Bonchev–Trinajstić information content (AvgIpc) is 2.07. The van der Waals surface area contributed by atoms with Gasteiger partial charge in [-0.2, -0.15) is 13.2 Å². The molecule has 0 amide bonds. The lowest BCUT2D eigenvalue weighted by Gasteiger charge is -2.08. The van der Waals surface area contributed by atoms with Crippen molar-refractivity contribution in [2.45, 2.75) is 11.1 Å². The zero-order valence-electron chi connectivity index (χ0n) is 6.74. The summed E-state index contributed by atoms with van der Waals surface area (Å²) in [6.45, 7) is 0. The first kappa shape index (κ1) is 12.2. The summed E-state index contributed by atoms with van der Waals surface area (Å²) in [6, 6.07) is 3.49. The van der Waals surface area contributed by atoms with Crippen LogP contribution in [0.1, 0.15) is 5.56 Å². The molecule has 0 bridgehead atoms. The van der Waals surface area contributed by atoms with Crippen LogP contribution in [-0.4, -0.2) is 5.21 Å². The van der Waals surface area contributed by atoms with Crippen molar-refractivity contribution in [3.05, 3.63) is 28.2 Å². The molecule has 1 rings (SSSR count). The van der Waals surface area contributed by atoms with E-state index in [0.717, 1.165) is 12.1 Å². The second-order valence-corrected chi connectivity index (χ2v) is 4.85. The van der Waals surface area contributed by atoms with Crippen LogP contribution in [0.4, 0.5) is 13.2 Å². The van der Waals surface area contributed by atoms with Gasteiger partial charge in [0.25, 0.3) is 0 Å². The van der Waals surface area contributed by atoms with Crippen molar-refractivity contribution in [3.8, 4) is 0 Å². The molecule has 1 aromatic rings. The molecule has 0 radical (unpaired) electrons. The van der Waals surface area contributed by atoms with Crippen LogP contribution in [-0.2, 0) is 6.18 Å². The fourth-order valence-corrected chi connectivity index (χ4v) is 2.41. The molecule has 0 spiro atoms. The molecule has 0 atom stereocenters. The predicted octanol–water partition coefficient (Wildman–Crippen LogP) is 4.76. The van der Waals surface area contributed by atoms with E-state index in [4.69, 9.17) is 11.6 Å². The highest BCUT2D eigenvalue weighted by molar-refractivity contribution is 9.10. The number of rotatable bonds is 2. The molecule has 0 saturated heterocycles. The fourth-order valence-electron chi connectivity index (χ4n) is 0.853. The van der Waals surface area contributed by atoms with Crippen molar-refractivity contribution in [2.75, 3.05) is 5.21 Å². The van der Waals surface area contributed by atoms with Gasteiger partial charge >= 0.3 is 6.18 Å². The molecular formula is C8H5BrClF3S. The molecule has 6 heteroatoms. The molecule has 0 aliphatic carbocycles. The monoisotopic (exact) mass is 304 g/mol. The largest absolute Gasteiger partial charge is 0.416 e. The van der Waals surface area contributed by atoms with Gasteiger partial charge in [0.1, 0.15) is 0 Å². The first-order valence-corrected chi connectivity index (χ1v) is 5.82. The number of halogens is 5. The molecule has 0 aliphatic rings. The van der Waals surface area contributed by atoms with Crippen LogP contribution in [0.25, 0.3) is 0 Å². The third-order valence-corrected chi connectivity index (χ3v) is 3.49. The lowest BCUT2D eigenvalue weighted by molar-refractivity contribution is -0.137. The van der Waals surface area contributed by atoms with E-state index in [-0.39, 0.29) is 0 Å². The second kappa shape index (κ2) is 4.77. The van der Waals surface area contributed by atoms with Crippen LogP contribution in [0.15, 0.2) is 27.6 Å². The first-order valence-electron chi connectivity index (χ1n) is 3.50. The molecule has 78 valence electrons. The molecule has 0 unspecified atom stereocenters. The maximum atomic E-state index is 12.2. The van der Waals surface area contributed by atoms with Gasteiger partial charge in [-0.15, -0.1) is 23.4 Å². The Morgan fingerprint density at radius 1 is 1.36 bits per heavy atom. The lowest BCUT2D eigenvalue weighted by Crippen LogP contribution is -2.04. The third kappa shape index (κ3) is 3.07. The van der Waals surface area contributed by atoms with E-state index in [1.54, 1.807) is 0 Å². The Labute approximate surface area is 97.0 Å². The Hall–Kier alpha value is 0.130. The highest BCUT2D eigenvalue weighted by Gasteiger charge is 2.30. The fraction of sp³-hybridized carbons (Fsp3) is 0.250. The normalized spacial score (nSPS) is 11.8. The van der Waals surface area contributed by atoms with Crippen molar-refractivity contribution in [1.29, 1.82) is 0 Å². The lowest BCUT2D eigenvalue weighted by atomic mass is 10.2. The molecule has 0 N–H and O–H groups in total. The van der Waals surface area contributed by atoms with E-state index in [9.17, 15) is 13.2 Å². The second-order valence-electron chi connectivity index (χ2n) is 2.40. The zero-order valence-corrected chi connectivity index (χ0v) is 9.90. The van der Waals surface area contributed by atoms with E-state index < -0.39 is 11.7 Å². The summed E-state index contributed by atoms with van der Waals surface area (Å²) in [6.07, 6.45) is -4.30. The van der Waals surface area contributed by atoms with E-state index in [1.807, 2.05) is 0 Å². The van der Waals surface area contributed by atoms with Gasteiger partial charge in [-0.05, 0) is 34.1 Å². The van der Waals surface area contributed by atoms with Crippen LogP contribution in [0.2, 0.25) is 0 Å². The molecule has 0 fully saturated rings. The smallest absolute Gasteiger partial charge is 0.166 e. The first-order chi connectivity index (χ1) is 6.45. The highest BCUT2D eigenvalue weighted by atomic mass is 79.9. The number of hydrogen-bond donors (Lipinski definition) is 0. The van der Waals surface area contributed by atoms with E-state index in [0.29, 0.717) is 14.6 Å². The van der Waals surface area contributed by atoms with Crippen LogP contribution in [0.5, 0.6) is 0 Å². The van der Waals surface area contributed by atoms with Gasteiger partial charge in [0.2, 0.25) is 0 Å². The van der Waals surface area contributed by atoms with Gasteiger partial charge < -0.3 is 0 Å². The van der Waals surface area contributed by atoms with Crippen molar-refractivity contribution in [3.63, 3.8) is 0 Å². The third-order valence-electron chi connectivity index (χ3n) is 1.47. The molecule has 0 aromatic heterocycles.